The van der Waals surface area contributed by atoms with Gasteiger partial charge < -0.3 is 19.5 Å². The van der Waals surface area contributed by atoms with Gasteiger partial charge in [-0.25, -0.2) is 4.79 Å². The van der Waals surface area contributed by atoms with E-state index in [1.165, 1.54) is 4.90 Å². The quantitative estimate of drug-likeness (QED) is 0.676. The molecule has 0 aliphatic carbocycles. The summed E-state index contributed by atoms with van der Waals surface area (Å²) >= 11 is 0. The summed E-state index contributed by atoms with van der Waals surface area (Å²) in [5.41, 5.74) is -1.05. The van der Waals surface area contributed by atoms with Crippen molar-refractivity contribution in [3.63, 3.8) is 0 Å². The van der Waals surface area contributed by atoms with Crippen molar-refractivity contribution in [3.05, 3.63) is 0 Å². The zero-order valence-electron chi connectivity index (χ0n) is 11.1. The molecule has 1 rings (SSSR count). The van der Waals surface area contributed by atoms with Crippen molar-refractivity contribution < 1.29 is 19.4 Å². The Morgan fingerprint density at radius 3 is 2.24 bits per heavy atom. The van der Waals surface area contributed by atoms with E-state index in [0.29, 0.717) is 6.54 Å². The van der Waals surface area contributed by atoms with E-state index < -0.39 is 29.0 Å². The van der Waals surface area contributed by atoms with E-state index >= 15 is 0 Å². The van der Waals surface area contributed by atoms with Crippen LogP contribution in [-0.4, -0.2) is 35.7 Å². The van der Waals surface area contributed by atoms with Crippen LogP contribution in [0.4, 0.5) is 4.79 Å². The maximum absolute atomic E-state index is 11.8. The zero-order chi connectivity index (χ0) is 13.4. The first-order chi connectivity index (χ1) is 7.53. The van der Waals surface area contributed by atoms with Gasteiger partial charge >= 0.3 is 6.09 Å². The number of rotatable bonds is 1. The Morgan fingerprint density at radius 2 is 1.88 bits per heavy atom. The summed E-state index contributed by atoms with van der Waals surface area (Å²) in [6.45, 7) is 9.51. The standard InChI is InChI=1S/C12H21NO4/c1-11(2,3)17-10(16)13-6-8(9(14)15)12(4,5)7-13/h8H,6-7H2,1-5H3,(H,14,15)/p-1. The van der Waals surface area contributed by atoms with E-state index in [4.69, 9.17) is 4.74 Å². The van der Waals surface area contributed by atoms with Crippen LogP contribution in [0.15, 0.2) is 0 Å². The molecule has 1 amide bonds. The van der Waals surface area contributed by atoms with Gasteiger partial charge in [-0.15, -0.1) is 0 Å². The molecule has 98 valence electrons. The first-order valence-corrected chi connectivity index (χ1v) is 5.72. The van der Waals surface area contributed by atoms with Crippen molar-refractivity contribution >= 4 is 12.1 Å². The molecule has 0 spiro atoms. The van der Waals surface area contributed by atoms with E-state index in [9.17, 15) is 14.7 Å². The first kappa shape index (κ1) is 13.8. The van der Waals surface area contributed by atoms with Gasteiger partial charge in [0.05, 0.1) is 0 Å². The highest BCUT2D eigenvalue weighted by Gasteiger charge is 2.43. The van der Waals surface area contributed by atoms with Gasteiger partial charge in [-0.05, 0) is 26.2 Å². The fourth-order valence-electron chi connectivity index (χ4n) is 1.99. The number of amides is 1. The molecule has 0 aromatic carbocycles. The van der Waals surface area contributed by atoms with Gasteiger partial charge in [0.1, 0.15) is 5.60 Å². The normalized spacial score (nSPS) is 23.6. The Balaban J connectivity index is 2.72. The average molecular weight is 242 g/mol. The highest BCUT2D eigenvalue weighted by molar-refractivity contribution is 5.74. The van der Waals surface area contributed by atoms with Gasteiger partial charge in [0.15, 0.2) is 0 Å². The van der Waals surface area contributed by atoms with E-state index in [0.717, 1.165) is 0 Å². The van der Waals surface area contributed by atoms with Crippen molar-refractivity contribution in [2.75, 3.05) is 13.1 Å². The molecule has 1 atom stereocenters. The van der Waals surface area contributed by atoms with Crippen molar-refractivity contribution in [3.8, 4) is 0 Å². The molecule has 1 aliphatic heterocycles. The molecule has 5 heteroatoms. The predicted octanol–water partition coefficient (Wildman–Crippen LogP) is 0.629. The van der Waals surface area contributed by atoms with Gasteiger partial charge in [-0.2, -0.15) is 0 Å². The minimum absolute atomic E-state index is 0.157. The summed E-state index contributed by atoms with van der Waals surface area (Å²) in [5, 5.41) is 11.0. The average Bonchev–Trinajstić information content (AvgIpc) is 2.38. The van der Waals surface area contributed by atoms with Crippen molar-refractivity contribution in [2.45, 2.75) is 40.2 Å². The molecule has 5 nitrogen and oxygen atoms in total. The SMILES string of the molecule is CC(C)(C)OC(=O)N1CC(C(=O)[O-])C(C)(C)C1. The molecule has 0 radical (unpaired) electrons. The monoisotopic (exact) mass is 242 g/mol. The lowest BCUT2D eigenvalue weighted by atomic mass is 9.82. The third-order valence-electron chi connectivity index (χ3n) is 2.88. The number of hydrogen-bond acceptors (Lipinski definition) is 4. The summed E-state index contributed by atoms with van der Waals surface area (Å²) in [6.07, 6.45) is -0.464. The molecule has 1 aliphatic rings. The molecule has 1 unspecified atom stereocenters. The maximum atomic E-state index is 11.8. The smallest absolute Gasteiger partial charge is 0.410 e. The van der Waals surface area contributed by atoms with Crippen LogP contribution in [0.1, 0.15) is 34.6 Å². The van der Waals surface area contributed by atoms with Gasteiger partial charge in [-0.1, -0.05) is 13.8 Å². The van der Waals surface area contributed by atoms with Crippen molar-refractivity contribution in [1.82, 2.24) is 4.90 Å². The summed E-state index contributed by atoms with van der Waals surface area (Å²) in [4.78, 5) is 24.2. The molecule has 0 bridgehead atoms. The third kappa shape index (κ3) is 3.35. The van der Waals surface area contributed by atoms with Gasteiger partial charge in [0.25, 0.3) is 0 Å². The van der Waals surface area contributed by atoms with Crippen molar-refractivity contribution in [1.29, 1.82) is 0 Å². The summed E-state index contributed by atoms with van der Waals surface area (Å²) in [6, 6.07) is 0. The van der Waals surface area contributed by atoms with E-state index in [1.807, 2.05) is 13.8 Å². The van der Waals surface area contributed by atoms with Crippen LogP contribution in [0.2, 0.25) is 0 Å². The number of aliphatic carboxylic acids is 1. The van der Waals surface area contributed by atoms with Crippen LogP contribution >= 0.6 is 0 Å². The topological polar surface area (TPSA) is 69.7 Å². The molecule has 0 saturated carbocycles. The Hall–Kier alpha value is -1.26. The number of nitrogens with zero attached hydrogens (tertiary/aromatic N) is 1. The highest BCUT2D eigenvalue weighted by atomic mass is 16.6. The fourth-order valence-corrected chi connectivity index (χ4v) is 1.99. The Morgan fingerprint density at radius 1 is 1.35 bits per heavy atom. The Bertz CT molecular complexity index is 330. The summed E-state index contributed by atoms with van der Waals surface area (Å²) < 4.78 is 5.22. The third-order valence-corrected chi connectivity index (χ3v) is 2.88. The molecule has 1 heterocycles. The lowest BCUT2D eigenvalue weighted by Gasteiger charge is -2.26. The minimum atomic E-state index is -1.11. The number of carbonyl (C=O) groups is 2. The molecule has 0 N–H and O–H groups in total. The molecule has 17 heavy (non-hydrogen) atoms. The molecular formula is C12H20NO4-. The molecule has 0 aromatic heterocycles. The number of likely N-dealkylation sites (tertiary alicyclic amines) is 1. The fraction of sp³-hybridized carbons (Fsp3) is 0.833. The van der Waals surface area contributed by atoms with Crippen LogP contribution in [0.3, 0.4) is 0 Å². The number of carboxylic acids is 1. The largest absolute Gasteiger partial charge is 0.550 e. The maximum Gasteiger partial charge on any atom is 0.410 e. The van der Waals surface area contributed by atoms with Crippen LogP contribution in [0.25, 0.3) is 0 Å². The van der Waals surface area contributed by atoms with Gasteiger partial charge in [-0.3, -0.25) is 0 Å². The van der Waals surface area contributed by atoms with Crippen molar-refractivity contribution in [2.24, 2.45) is 11.3 Å². The van der Waals surface area contributed by atoms with Gasteiger partial charge in [0.2, 0.25) is 0 Å². The van der Waals surface area contributed by atoms with E-state index in [1.54, 1.807) is 20.8 Å². The molecular weight excluding hydrogens is 222 g/mol. The van der Waals surface area contributed by atoms with Crippen LogP contribution in [0, 0.1) is 11.3 Å². The van der Waals surface area contributed by atoms with E-state index in [-0.39, 0.29) is 6.54 Å². The predicted molar refractivity (Wildman–Crippen MR) is 60.1 cm³/mol. The second kappa shape index (κ2) is 4.20. The second-order valence-electron chi connectivity index (χ2n) is 6.22. The highest BCUT2D eigenvalue weighted by Crippen LogP contribution is 2.35. The second-order valence-corrected chi connectivity index (χ2v) is 6.22. The number of carbonyl (C=O) groups excluding carboxylic acids is 2. The zero-order valence-corrected chi connectivity index (χ0v) is 11.1. The van der Waals surface area contributed by atoms with E-state index in [2.05, 4.69) is 0 Å². The molecule has 0 aromatic rings. The number of ether oxygens (including phenoxy) is 1. The Kier molecular flexibility index (Phi) is 3.41. The molecule has 1 saturated heterocycles. The lowest BCUT2D eigenvalue weighted by molar-refractivity contribution is -0.313. The van der Waals surface area contributed by atoms with Crippen LogP contribution in [0.5, 0.6) is 0 Å². The van der Waals surface area contributed by atoms with Crippen LogP contribution in [-0.2, 0) is 9.53 Å². The number of hydrogen-bond donors (Lipinski definition) is 0. The van der Waals surface area contributed by atoms with Crippen LogP contribution < -0.4 is 5.11 Å². The summed E-state index contributed by atoms with van der Waals surface area (Å²) in [5.74, 6) is -1.75. The molecule has 1 fully saturated rings. The first-order valence-electron chi connectivity index (χ1n) is 5.72. The Labute approximate surface area is 102 Å². The van der Waals surface area contributed by atoms with Gasteiger partial charge in [0, 0.05) is 25.0 Å². The lowest BCUT2D eigenvalue weighted by Crippen LogP contribution is -2.39. The summed E-state index contributed by atoms with van der Waals surface area (Å²) in [7, 11) is 0. The number of carboxylic acid groups (broad SMARTS) is 1. The minimum Gasteiger partial charge on any atom is -0.550 e.